The van der Waals surface area contributed by atoms with Gasteiger partial charge in [-0.15, -0.1) is 12.4 Å². The van der Waals surface area contributed by atoms with Crippen molar-refractivity contribution in [2.45, 2.75) is 38.1 Å². The molecule has 0 aromatic heterocycles. The van der Waals surface area contributed by atoms with Gasteiger partial charge in [0, 0.05) is 30.1 Å². The van der Waals surface area contributed by atoms with Crippen molar-refractivity contribution >= 4 is 34.2 Å². The Hall–Kier alpha value is -0.620. The maximum atomic E-state index is 12.7. The van der Waals surface area contributed by atoms with Gasteiger partial charge < -0.3 is 15.8 Å². The van der Waals surface area contributed by atoms with Crippen LogP contribution in [0, 0.1) is 11.8 Å². The van der Waals surface area contributed by atoms with Gasteiger partial charge in [-0.3, -0.25) is 4.79 Å². The number of benzene rings is 1. The highest BCUT2D eigenvalue weighted by atomic mass is 79.9. The molecule has 1 aromatic carbocycles. The Morgan fingerprint density at radius 3 is 2.92 bits per heavy atom. The molecule has 0 radical (unpaired) electrons. The first kappa shape index (κ1) is 21.4. The molecule has 1 aliphatic carbocycles. The van der Waals surface area contributed by atoms with E-state index < -0.39 is 0 Å². The molecule has 0 heterocycles. The quantitative estimate of drug-likeness (QED) is 0.679. The zero-order valence-electron chi connectivity index (χ0n) is 14.2. The van der Waals surface area contributed by atoms with Crippen molar-refractivity contribution in [3.8, 4) is 0 Å². The van der Waals surface area contributed by atoms with E-state index in [0.29, 0.717) is 19.1 Å². The zero-order chi connectivity index (χ0) is 16.7. The average Bonchev–Trinajstić information content (AvgIpc) is 2.98. The number of halogens is 2. The molecule has 4 nitrogen and oxygen atoms in total. The standard InChI is InChI=1S/C18H27BrN2O2.ClH/c1-23-9-8-14(10-13-4-2-6-16(19)11-13)18(22)21-17-7-3-5-15(17)12-20;/h2,4,6,11,14-15,17H,3,5,7-10,12,20H2,1H3,(H,21,22);1H. The largest absolute Gasteiger partial charge is 0.385 e. The predicted octanol–water partition coefficient (Wildman–Crippen LogP) is 3.31. The number of nitrogens with two attached hydrogens (primary N) is 1. The van der Waals surface area contributed by atoms with Gasteiger partial charge in [-0.05, 0) is 55.8 Å². The van der Waals surface area contributed by atoms with E-state index in [9.17, 15) is 4.79 Å². The SMILES string of the molecule is COCCC(Cc1cccc(Br)c1)C(=O)NC1CCCC1CN.Cl. The molecule has 2 rings (SSSR count). The Morgan fingerprint density at radius 2 is 2.25 bits per heavy atom. The number of methoxy groups -OCH3 is 1. The molecule has 1 aliphatic rings. The Morgan fingerprint density at radius 1 is 1.46 bits per heavy atom. The molecule has 1 saturated carbocycles. The van der Waals surface area contributed by atoms with Crippen molar-refractivity contribution < 1.29 is 9.53 Å². The topological polar surface area (TPSA) is 64.3 Å². The number of carbonyl (C=O) groups is 1. The fourth-order valence-electron chi connectivity index (χ4n) is 3.34. The number of ether oxygens (including phenoxy) is 1. The number of hydrogen-bond donors (Lipinski definition) is 2. The van der Waals surface area contributed by atoms with Crippen LogP contribution in [0.3, 0.4) is 0 Å². The van der Waals surface area contributed by atoms with Crippen LogP contribution in [-0.4, -0.2) is 32.2 Å². The van der Waals surface area contributed by atoms with E-state index in [2.05, 4.69) is 33.4 Å². The van der Waals surface area contributed by atoms with Gasteiger partial charge in [0.25, 0.3) is 0 Å². The van der Waals surface area contributed by atoms with Gasteiger partial charge in [0.05, 0.1) is 0 Å². The van der Waals surface area contributed by atoms with Crippen LogP contribution in [0.5, 0.6) is 0 Å². The molecule has 0 spiro atoms. The molecule has 1 fully saturated rings. The summed E-state index contributed by atoms with van der Waals surface area (Å²) >= 11 is 3.49. The summed E-state index contributed by atoms with van der Waals surface area (Å²) in [7, 11) is 1.68. The summed E-state index contributed by atoms with van der Waals surface area (Å²) in [5.74, 6) is 0.489. The third kappa shape index (κ3) is 6.36. The van der Waals surface area contributed by atoms with Gasteiger partial charge in [-0.1, -0.05) is 34.5 Å². The van der Waals surface area contributed by atoms with E-state index >= 15 is 0 Å². The molecule has 24 heavy (non-hydrogen) atoms. The summed E-state index contributed by atoms with van der Waals surface area (Å²) in [5.41, 5.74) is 6.98. The van der Waals surface area contributed by atoms with Gasteiger partial charge in [0.1, 0.15) is 0 Å². The average molecular weight is 420 g/mol. The molecular weight excluding hydrogens is 392 g/mol. The molecule has 3 unspecified atom stereocenters. The van der Waals surface area contributed by atoms with Crippen LogP contribution in [0.4, 0.5) is 0 Å². The lowest BCUT2D eigenvalue weighted by atomic mass is 9.94. The van der Waals surface area contributed by atoms with E-state index in [-0.39, 0.29) is 30.3 Å². The molecule has 0 saturated heterocycles. The third-order valence-corrected chi connectivity index (χ3v) is 5.20. The van der Waals surface area contributed by atoms with Crippen molar-refractivity contribution in [2.24, 2.45) is 17.6 Å². The Labute approximate surface area is 159 Å². The molecule has 1 amide bonds. The van der Waals surface area contributed by atoms with Crippen LogP contribution in [0.25, 0.3) is 0 Å². The lowest BCUT2D eigenvalue weighted by molar-refractivity contribution is -0.126. The van der Waals surface area contributed by atoms with E-state index in [4.69, 9.17) is 10.5 Å². The number of amides is 1. The lowest BCUT2D eigenvalue weighted by Crippen LogP contribution is -2.43. The summed E-state index contributed by atoms with van der Waals surface area (Å²) in [5, 5.41) is 3.24. The van der Waals surface area contributed by atoms with Gasteiger partial charge in [0.15, 0.2) is 0 Å². The Kier molecular flexibility index (Phi) is 9.89. The number of hydrogen-bond acceptors (Lipinski definition) is 3. The molecule has 6 heteroatoms. The van der Waals surface area contributed by atoms with E-state index in [1.165, 1.54) is 0 Å². The van der Waals surface area contributed by atoms with Crippen LogP contribution < -0.4 is 11.1 Å². The zero-order valence-corrected chi connectivity index (χ0v) is 16.6. The first-order valence-electron chi connectivity index (χ1n) is 8.38. The second-order valence-corrected chi connectivity index (χ2v) is 7.27. The predicted molar refractivity (Wildman–Crippen MR) is 103 cm³/mol. The van der Waals surface area contributed by atoms with Crippen molar-refractivity contribution in [3.63, 3.8) is 0 Å². The minimum Gasteiger partial charge on any atom is -0.385 e. The molecule has 136 valence electrons. The summed E-state index contributed by atoms with van der Waals surface area (Å²) in [6, 6.07) is 8.38. The van der Waals surface area contributed by atoms with Crippen LogP contribution in [-0.2, 0) is 16.0 Å². The highest BCUT2D eigenvalue weighted by Crippen LogP contribution is 2.25. The summed E-state index contributed by atoms with van der Waals surface area (Å²) < 4.78 is 6.23. The highest BCUT2D eigenvalue weighted by Gasteiger charge is 2.29. The molecular formula is C18H28BrClN2O2. The van der Waals surface area contributed by atoms with Crippen LogP contribution >= 0.6 is 28.3 Å². The first-order chi connectivity index (χ1) is 11.1. The van der Waals surface area contributed by atoms with Crippen LogP contribution in [0.2, 0.25) is 0 Å². The van der Waals surface area contributed by atoms with E-state index in [1.54, 1.807) is 7.11 Å². The van der Waals surface area contributed by atoms with Gasteiger partial charge >= 0.3 is 0 Å². The molecule has 1 aromatic rings. The maximum Gasteiger partial charge on any atom is 0.223 e. The summed E-state index contributed by atoms with van der Waals surface area (Å²) in [6.45, 7) is 1.25. The van der Waals surface area contributed by atoms with Gasteiger partial charge in [0.2, 0.25) is 5.91 Å². The summed E-state index contributed by atoms with van der Waals surface area (Å²) in [4.78, 5) is 12.7. The molecule has 0 bridgehead atoms. The van der Waals surface area contributed by atoms with Gasteiger partial charge in [-0.2, -0.15) is 0 Å². The van der Waals surface area contributed by atoms with Crippen LogP contribution in [0.1, 0.15) is 31.2 Å². The first-order valence-corrected chi connectivity index (χ1v) is 9.17. The monoisotopic (exact) mass is 418 g/mol. The number of nitrogens with one attached hydrogen (secondary N) is 1. The Balaban J connectivity index is 0.00000288. The smallest absolute Gasteiger partial charge is 0.223 e. The fraction of sp³-hybridized carbons (Fsp3) is 0.611. The number of carbonyl (C=O) groups excluding carboxylic acids is 1. The molecule has 3 atom stereocenters. The van der Waals surface area contributed by atoms with Crippen molar-refractivity contribution in [2.75, 3.05) is 20.3 Å². The summed E-state index contributed by atoms with van der Waals surface area (Å²) in [6.07, 6.45) is 4.78. The fourth-order valence-corrected chi connectivity index (χ4v) is 3.79. The molecule has 0 aliphatic heterocycles. The van der Waals surface area contributed by atoms with E-state index in [0.717, 1.165) is 42.1 Å². The highest BCUT2D eigenvalue weighted by molar-refractivity contribution is 9.10. The molecule has 3 N–H and O–H groups in total. The maximum absolute atomic E-state index is 12.7. The minimum absolute atomic E-state index is 0. The third-order valence-electron chi connectivity index (χ3n) is 4.70. The second kappa shape index (κ2) is 11.1. The van der Waals surface area contributed by atoms with Crippen molar-refractivity contribution in [3.05, 3.63) is 34.3 Å². The normalized spacial score (nSPS) is 21.1. The van der Waals surface area contributed by atoms with Crippen LogP contribution in [0.15, 0.2) is 28.7 Å². The second-order valence-electron chi connectivity index (χ2n) is 6.35. The number of rotatable bonds is 8. The minimum atomic E-state index is -0.0664. The van der Waals surface area contributed by atoms with Crippen molar-refractivity contribution in [1.82, 2.24) is 5.32 Å². The van der Waals surface area contributed by atoms with Gasteiger partial charge in [-0.25, -0.2) is 0 Å². The Bertz CT molecular complexity index is 516. The van der Waals surface area contributed by atoms with E-state index in [1.807, 2.05) is 12.1 Å². The van der Waals surface area contributed by atoms with Crippen molar-refractivity contribution in [1.29, 1.82) is 0 Å². The lowest BCUT2D eigenvalue weighted by Gasteiger charge is -2.23.